The number of rotatable bonds is 3. The van der Waals surface area contributed by atoms with E-state index in [0.29, 0.717) is 12.6 Å². The van der Waals surface area contributed by atoms with Gasteiger partial charge < -0.3 is 9.84 Å². The van der Waals surface area contributed by atoms with Crippen molar-refractivity contribution >= 4 is 12.4 Å². The first-order chi connectivity index (χ1) is 13.2. The minimum Gasteiger partial charge on any atom is -0.483 e. The molecule has 0 aromatic carbocycles. The van der Waals surface area contributed by atoms with Crippen molar-refractivity contribution in [1.29, 1.82) is 0 Å². The van der Waals surface area contributed by atoms with Gasteiger partial charge in [-0.05, 0) is 50.9 Å². The molecule has 3 atom stereocenters. The number of likely N-dealkylation sites (tertiary alicyclic amines) is 1. The fraction of sp³-hybridized carbons (Fsp3) is 0.900. The fourth-order valence-corrected chi connectivity index (χ4v) is 5.06. The summed E-state index contributed by atoms with van der Waals surface area (Å²) in [7, 11) is 0. The predicted molar refractivity (Wildman–Crippen MR) is 100 cm³/mol. The summed E-state index contributed by atoms with van der Waals surface area (Å²) >= 11 is 0. The second-order valence-corrected chi connectivity index (χ2v) is 8.18. The maximum Gasteiger partial charge on any atom is 0.290 e. The maximum atomic E-state index is 12.6. The SMILES string of the molecule is O=C([C@H]1CC[C@@H]2[C@@H](CCN2CC2CCCCC2)O1)N1CCCCO1.O=CO. The van der Waals surface area contributed by atoms with Gasteiger partial charge in [0.1, 0.15) is 6.10 Å². The molecule has 0 bridgehead atoms. The molecule has 4 aliphatic rings. The van der Waals surface area contributed by atoms with Gasteiger partial charge >= 0.3 is 0 Å². The van der Waals surface area contributed by atoms with E-state index in [4.69, 9.17) is 19.5 Å². The van der Waals surface area contributed by atoms with Crippen molar-refractivity contribution < 1.29 is 24.3 Å². The molecule has 1 saturated carbocycles. The largest absolute Gasteiger partial charge is 0.483 e. The highest BCUT2D eigenvalue weighted by Gasteiger charge is 2.43. The summed E-state index contributed by atoms with van der Waals surface area (Å²) in [5.74, 6) is 0.942. The van der Waals surface area contributed by atoms with Gasteiger partial charge in [-0.2, -0.15) is 0 Å². The first kappa shape index (κ1) is 20.6. The molecular formula is C20H34N2O5. The van der Waals surface area contributed by atoms with Gasteiger partial charge in [-0.15, -0.1) is 0 Å². The van der Waals surface area contributed by atoms with Gasteiger partial charge in [-0.25, -0.2) is 5.06 Å². The second-order valence-electron chi connectivity index (χ2n) is 8.18. The highest BCUT2D eigenvalue weighted by molar-refractivity contribution is 5.80. The van der Waals surface area contributed by atoms with Crippen molar-refractivity contribution in [3.05, 3.63) is 0 Å². The molecular weight excluding hydrogens is 348 g/mol. The minimum atomic E-state index is -0.279. The molecule has 3 aliphatic heterocycles. The highest BCUT2D eigenvalue weighted by Crippen LogP contribution is 2.34. The van der Waals surface area contributed by atoms with Crippen LogP contribution in [0.1, 0.15) is 64.2 Å². The molecule has 7 nitrogen and oxygen atoms in total. The predicted octanol–water partition coefficient (Wildman–Crippen LogP) is 2.44. The van der Waals surface area contributed by atoms with E-state index >= 15 is 0 Å². The second kappa shape index (κ2) is 10.4. The minimum absolute atomic E-state index is 0.0545. The molecule has 3 heterocycles. The lowest BCUT2D eigenvalue weighted by Gasteiger charge is -2.38. The van der Waals surface area contributed by atoms with Crippen LogP contribution in [0.3, 0.4) is 0 Å². The van der Waals surface area contributed by atoms with Crippen LogP contribution in [0, 0.1) is 5.92 Å². The Labute approximate surface area is 161 Å². The molecule has 4 rings (SSSR count). The summed E-state index contributed by atoms with van der Waals surface area (Å²) in [6, 6.07) is 0.540. The van der Waals surface area contributed by atoms with E-state index < -0.39 is 0 Å². The summed E-state index contributed by atoms with van der Waals surface area (Å²) in [4.78, 5) is 29.1. The van der Waals surface area contributed by atoms with E-state index in [1.54, 1.807) is 5.06 Å². The van der Waals surface area contributed by atoms with Crippen LogP contribution < -0.4 is 0 Å². The number of ether oxygens (including phenoxy) is 1. The molecule has 27 heavy (non-hydrogen) atoms. The summed E-state index contributed by atoms with van der Waals surface area (Å²) in [6.07, 6.45) is 12.2. The zero-order chi connectivity index (χ0) is 19.1. The Bertz CT molecular complexity index is 477. The molecule has 3 saturated heterocycles. The van der Waals surface area contributed by atoms with Crippen LogP contribution in [0.15, 0.2) is 0 Å². The summed E-state index contributed by atoms with van der Waals surface area (Å²) < 4.78 is 6.23. The number of hydrogen-bond acceptors (Lipinski definition) is 5. The molecule has 0 aromatic heterocycles. The smallest absolute Gasteiger partial charge is 0.290 e. The first-order valence-corrected chi connectivity index (χ1v) is 10.6. The van der Waals surface area contributed by atoms with Gasteiger partial charge in [0.15, 0.2) is 0 Å². The lowest BCUT2D eigenvalue weighted by Crippen LogP contribution is -2.50. The van der Waals surface area contributed by atoms with Crippen molar-refractivity contribution in [3.63, 3.8) is 0 Å². The Balaban J connectivity index is 0.000000659. The zero-order valence-electron chi connectivity index (χ0n) is 16.3. The first-order valence-electron chi connectivity index (χ1n) is 10.6. The van der Waals surface area contributed by atoms with Crippen LogP contribution in [0.25, 0.3) is 0 Å². The molecule has 0 radical (unpaired) electrons. The molecule has 0 aromatic rings. The number of hydrogen-bond donors (Lipinski definition) is 1. The molecule has 0 spiro atoms. The van der Waals surface area contributed by atoms with Crippen LogP contribution in [0.5, 0.6) is 0 Å². The van der Waals surface area contributed by atoms with E-state index in [1.807, 2.05) is 0 Å². The molecule has 0 unspecified atom stereocenters. The fourth-order valence-electron chi connectivity index (χ4n) is 5.06. The summed E-state index contributed by atoms with van der Waals surface area (Å²) in [6.45, 7) is 3.53. The number of carbonyl (C=O) groups excluding carboxylic acids is 1. The van der Waals surface area contributed by atoms with Gasteiger partial charge in [0, 0.05) is 25.7 Å². The molecule has 4 fully saturated rings. The third kappa shape index (κ3) is 5.42. The standard InChI is InChI=1S/C19H32N2O3.CH2O2/c22-19(21-11-4-5-13-23-21)18-9-8-16-17(24-18)10-12-20(16)14-15-6-2-1-3-7-15;2-1-3/h15-18H,1-14H2;1H,(H,2,3)/t16-,17-,18-;/m1./s1. The Morgan fingerprint density at radius 1 is 1.00 bits per heavy atom. The summed E-state index contributed by atoms with van der Waals surface area (Å²) in [5.41, 5.74) is 0. The van der Waals surface area contributed by atoms with Crippen molar-refractivity contribution in [1.82, 2.24) is 9.96 Å². The van der Waals surface area contributed by atoms with Crippen molar-refractivity contribution in [2.24, 2.45) is 5.92 Å². The van der Waals surface area contributed by atoms with Crippen LogP contribution in [-0.2, 0) is 19.2 Å². The monoisotopic (exact) mass is 382 g/mol. The van der Waals surface area contributed by atoms with Gasteiger partial charge in [0.25, 0.3) is 12.4 Å². The van der Waals surface area contributed by atoms with Crippen molar-refractivity contribution in [3.8, 4) is 0 Å². The molecule has 1 N–H and O–H groups in total. The van der Waals surface area contributed by atoms with Crippen molar-refractivity contribution in [2.75, 3.05) is 26.2 Å². The van der Waals surface area contributed by atoms with Crippen LogP contribution in [-0.4, -0.2) is 71.9 Å². The van der Waals surface area contributed by atoms with Gasteiger partial charge in [0.2, 0.25) is 0 Å². The Kier molecular flexibility index (Phi) is 7.91. The average Bonchev–Trinajstić information content (AvgIpc) is 3.11. The quantitative estimate of drug-likeness (QED) is 0.756. The van der Waals surface area contributed by atoms with E-state index in [1.165, 1.54) is 38.6 Å². The molecule has 1 amide bonds. The average molecular weight is 383 g/mol. The number of fused-ring (bicyclic) bond motifs is 1. The number of amides is 1. The maximum absolute atomic E-state index is 12.6. The van der Waals surface area contributed by atoms with Gasteiger partial charge in [-0.3, -0.25) is 19.3 Å². The van der Waals surface area contributed by atoms with E-state index in [9.17, 15) is 4.79 Å². The molecule has 154 valence electrons. The topological polar surface area (TPSA) is 79.3 Å². The molecule has 1 aliphatic carbocycles. The third-order valence-electron chi connectivity index (χ3n) is 6.40. The zero-order valence-corrected chi connectivity index (χ0v) is 16.3. The lowest BCUT2D eigenvalue weighted by atomic mass is 9.88. The number of nitrogens with zero attached hydrogens (tertiary/aromatic N) is 2. The third-order valence-corrected chi connectivity index (χ3v) is 6.40. The van der Waals surface area contributed by atoms with Gasteiger partial charge in [-0.1, -0.05) is 19.3 Å². The van der Waals surface area contributed by atoms with Crippen LogP contribution >= 0.6 is 0 Å². The Morgan fingerprint density at radius 2 is 1.78 bits per heavy atom. The number of hydroxylamine groups is 2. The summed E-state index contributed by atoms with van der Waals surface area (Å²) in [5, 5.41) is 8.45. The Morgan fingerprint density at radius 3 is 2.48 bits per heavy atom. The lowest BCUT2D eigenvalue weighted by molar-refractivity contribution is -0.213. The van der Waals surface area contributed by atoms with Crippen molar-refractivity contribution in [2.45, 2.75) is 82.5 Å². The Hall–Kier alpha value is -1.18. The van der Waals surface area contributed by atoms with Crippen LogP contribution in [0.4, 0.5) is 0 Å². The normalized spacial score (nSPS) is 32.3. The number of carbonyl (C=O) groups is 2. The van der Waals surface area contributed by atoms with E-state index in [0.717, 1.165) is 51.1 Å². The van der Waals surface area contributed by atoms with Gasteiger partial charge in [0.05, 0.1) is 12.7 Å². The van der Waals surface area contributed by atoms with E-state index in [2.05, 4.69) is 4.90 Å². The number of carboxylic acid groups (broad SMARTS) is 1. The molecule has 7 heteroatoms. The van der Waals surface area contributed by atoms with Crippen LogP contribution in [0.2, 0.25) is 0 Å². The highest BCUT2D eigenvalue weighted by atomic mass is 16.7. The van der Waals surface area contributed by atoms with E-state index in [-0.39, 0.29) is 24.6 Å².